The van der Waals surface area contributed by atoms with Crippen molar-refractivity contribution >= 4 is 39.7 Å². The van der Waals surface area contributed by atoms with Gasteiger partial charge in [-0.3, -0.25) is 4.79 Å². The van der Waals surface area contributed by atoms with Crippen LogP contribution in [0, 0.1) is 19.8 Å². The third-order valence-electron chi connectivity index (χ3n) is 4.81. The first-order chi connectivity index (χ1) is 12.5. The van der Waals surface area contributed by atoms with Crippen molar-refractivity contribution in [1.29, 1.82) is 0 Å². The van der Waals surface area contributed by atoms with Crippen LogP contribution in [0.2, 0.25) is 5.15 Å². The number of hydrogen-bond donors (Lipinski definition) is 0. The molecule has 5 heteroatoms. The molecule has 0 bridgehead atoms. The number of carbonyl (C=O) groups excluding carboxylic acids is 1. The topological polar surface area (TPSA) is 33.2 Å². The summed E-state index contributed by atoms with van der Waals surface area (Å²) in [6, 6.07) is 10.4. The van der Waals surface area contributed by atoms with Crippen LogP contribution in [-0.4, -0.2) is 15.8 Å². The van der Waals surface area contributed by atoms with Crippen molar-refractivity contribution in [2.24, 2.45) is 5.92 Å². The number of aromatic nitrogens is 1. The molecule has 0 aliphatic heterocycles. The lowest BCUT2D eigenvalue weighted by Crippen LogP contribution is -2.31. The first-order valence-corrected chi connectivity index (χ1v) is 10.1. The fraction of sp³-hybridized carbons (Fsp3) is 0.333. The average Bonchev–Trinajstić information content (AvgIpc) is 3.32. The Morgan fingerprint density at radius 2 is 2.08 bits per heavy atom. The fourth-order valence-electron chi connectivity index (χ4n) is 3.38. The third kappa shape index (κ3) is 3.62. The van der Waals surface area contributed by atoms with Crippen LogP contribution in [0.15, 0.2) is 35.7 Å². The van der Waals surface area contributed by atoms with E-state index in [0.717, 1.165) is 34.9 Å². The standard InChI is InChI=1S/C21H21ClN2OS/c1-13-8-14(2)19-16(9-13)10-17(20(22)23-19)11-24(21(25)15-5-6-15)12-18-4-3-7-26-18/h3-4,7-10,15H,5-6,11-12H2,1-2H3. The molecule has 0 spiro atoms. The van der Waals surface area contributed by atoms with Crippen LogP contribution in [0.1, 0.15) is 34.4 Å². The molecule has 0 unspecified atom stereocenters. The highest BCUT2D eigenvalue weighted by Crippen LogP contribution is 2.33. The van der Waals surface area contributed by atoms with E-state index in [1.165, 1.54) is 10.4 Å². The van der Waals surface area contributed by atoms with Crippen LogP contribution >= 0.6 is 22.9 Å². The molecule has 2 heterocycles. The number of benzene rings is 1. The molecule has 4 rings (SSSR count). The number of aryl methyl sites for hydroxylation is 2. The van der Waals surface area contributed by atoms with E-state index in [1.807, 2.05) is 16.3 Å². The van der Waals surface area contributed by atoms with Gasteiger partial charge in [0.15, 0.2) is 0 Å². The first kappa shape index (κ1) is 17.5. The molecular formula is C21H21ClN2OS. The maximum atomic E-state index is 12.8. The van der Waals surface area contributed by atoms with E-state index >= 15 is 0 Å². The molecule has 1 fully saturated rings. The number of nitrogens with zero attached hydrogens (tertiary/aromatic N) is 2. The normalized spacial score (nSPS) is 14.0. The number of thiophene rings is 1. The summed E-state index contributed by atoms with van der Waals surface area (Å²) in [5.41, 5.74) is 4.17. The molecule has 1 saturated carbocycles. The molecule has 1 aliphatic rings. The number of pyridine rings is 1. The molecule has 0 saturated heterocycles. The summed E-state index contributed by atoms with van der Waals surface area (Å²) in [7, 11) is 0. The number of halogens is 1. The van der Waals surface area contributed by atoms with E-state index < -0.39 is 0 Å². The molecule has 0 atom stereocenters. The summed E-state index contributed by atoms with van der Waals surface area (Å²) in [6.45, 7) is 5.27. The second-order valence-electron chi connectivity index (χ2n) is 7.14. The van der Waals surface area contributed by atoms with Crippen molar-refractivity contribution in [2.75, 3.05) is 0 Å². The highest BCUT2D eigenvalue weighted by Gasteiger charge is 2.33. The number of hydrogen-bond acceptors (Lipinski definition) is 3. The number of carbonyl (C=O) groups is 1. The SMILES string of the molecule is Cc1cc(C)c2nc(Cl)c(CN(Cc3cccs3)C(=O)C3CC3)cc2c1. The lowest BCUT2D eigenvalue weighted by Gasteiger charge is -2.23. The van der Waals surface area contributed by atoms with E-state index in [2.05, 4.69) is 43.1 Å². The van der Waals surface area contributed by atoms with E-state index in [9.17, 15) is 4.79 Å². The van der Waals surface area contributed by atoms with Gasteiger partial charge in [-0.1, -0.05) is 29.3 Å². The molecule has 0 N–H and O–H groups in total. The fourth-order valence-corrected chi connectivity index (χ4v) is 4.30. The van der Waals surface area contributed by atoms with Gasteiger partial charge in [0.25, 0.3) is 0 Å². The molecule has 3 nitrogen and oxygen atoms in total. The van der Waals surface area contributed by atoms with Crippen LogP contribution in [0.5, 0.6) is 0 Å². The second kappa shape index (κ2) is 7.01. The van der Waals surface area contributed by atoms with E-state index in [-0.39, 0.29) is 11.8 Å². The molecule has 26 heavy (non-hydrogen) atoms. The third-order valence-corrected chi connectivity index (χ3v) is 5.99. The van der Waals surface area contributed by atoms with Crippen molar-refractivity contribution in [2.45, 2.75) is 39.8 Å². The monoisotopic (exact) mass is 384 g/mol. The average molecular weight is 385 g/mol. The van der Waals surface area contributed by atoms with E-state index in [4.69, 9.17) is 11.6 Å². The van der Waals surface area contributed by atoms with Crippen LogP contribution in [0.3, 0.4) is 0 Å². The largest absolute Gasteiger partial charge is 0.333 e. The van der Waals surface area contributed by atoms with E-state index in [1.54, 1.807) is 11.3 Å². The van der Waals surface area contributed by atoms with Gasteiger partial charge in [-0.2, -0.15) is 0 Å². The van der Waals surface area contributed by atoms with Crippen molar-refractivity contribution in [1.82, 2.24) is 9.88 Å². The van der Waals surface area contributed by atoms with Crippen molar-refractivity contribution in [3.05, 3.63) is 62.4 Å². The van der Waals surface area contributed by atoms with E-state index in [0.29, 0.717) is 18.2 Å². The molecule has 0 radical (unpaired) electrons. The van der Waals surface area contributed by atoms with Gasteiger partial charge >= 0.3 is 0 Å². The molecule has 1 aliphatic carbocycles. The second-order valence-corrected chi connectivity index (χ2v) is 8.53. The predicted octanol–water partition coefficient (Wildman–Crippen LogP) is 5.51. The minimum atomic E-state index is 0.187. The number of amides is 1. The van der Waals surface area contributed by atoms with Gasteiger partial charge in [0.05, 0.1) is 12.1 Å². The highest BCUT2D eigenvalue weighted by molar-refractivity contribution is 7.09. The van der Waals surface area contributed by atoms with Gasteiger partial charge in [0.2, 0.25) is 5.91 Å². The quantitative estimate of drug-likeness (QED) is 0.544. The zero-order chi connectivity index (χ0) is 18.3. The zero-order valence-corrected chi connectivity index (χ0v) is 16.5. The van der Waals surface area contributed by atoms with Gasteiger partial charge in [-0.25, -0.2) is 4.98 Å². The zero-order valence-electron chi connectivity index (χ0n) is 15.0. The Morgan fingerprint density at radius 3 is 2.77 bits per heavy atom. The Labute approximate surface area is 162 Å². The molecular weight excluding hydrogens is 364 g/mol. The van der Waals surface area contributed by atoms with Gasteiger partial charge in [-0.05, 0) is 55.8 Å². The van der Waals surface area contributed by atoms with Gasteiger partial charge in [0, 0.05) is 28.3 Å². The summed E-state index contributed by atoms with van der Waals surface area (Å²) >= 11 is 8.17. The molecule has 134 valence electrons. The Bertz CT molecular complexity index is 964. The summed E-state index contributed by atoms with van der Waals surface area (Å²) < 4.78 is 0. The Balaban J connectivity index is 1.67. The highest BCUT2D eigenvalue weighted by atomic mass is 35.5. The lowest BCUT2D eigenvalue weighted by molar-refractivity contribution is -0.133. The smallest absolute Gasteiger partial charge is 0.226 e. The number of fused-ring (bicyclic) bond motifs is 1. The minimum Gasteiger partial charge on any atom is -0.333 e. The van der Waals surface area contributed by atoms with Gasteiger partial charge in [0.1, 0.15) is 5.15 Å². The minimum absolute atomic E-state index is 0.187. The van der Waals surface area contributed by atoms with Crippen molar-refractivity contribution < 1.29 is 4.79 Å². The summed E-state index contributed by atoms with van der Waals surface area (Å²) in [4.78, 5) is 20.5. The van der Waals surface area contributed by atoms with Crippen LogP contribution in [0.25, 0.3) is 10.9 Å². The summed E-state index contributed by atoms with van der Waals surface area (Å²) in [6.07, 6.45) is 2.00. The maximum Gasteiger partial charge on any atom is 0.226 e. The molecule has 3 aromatic rings. The van der Waals surface area contributed by atoms with Crippen LogP contribution in [0.4, 0.5) is 0 Å². The van der Waals surface area contributed by atoms with Gasteiger partial charge in [-0.15, -0.1) is 11.3 Å². The van der Waals surface area contributed by atoms with Crippen LogP contribution in [-0.2, 0) is 17.9 Å². The maximum absolute atomic E-state index is 12.8. The van der Waals surface area contributed by atoms with Crippen molar-refractivity contribution in [3.8, 4) is 0 Å². The predicted molar refractivity (Wildman–Crippen MR) is 108 cm³/mol. The van der Waals surface area contributed by atoms with Crippen LogP contribution < -0.4 is 0 Å². The molecule has 2 aromatic heterocycles. The van der Waals surface area contributed by atoms with Gasteiger partial charge < -0.3 is 4.90 Å². The molecule has 1 aromatic carbocycles. The molecule has 1 amide bonds. The Hall–Kier alpha value is -1.91. The summed E-state index contributed by atoms with van der Waals surface area (Å²) in [5, 5.41) is 3.62. The number of rotatable bonds is 5. The van der Waals surface area contributed by atoms with Crippen molar-refractivity contribution in [3.63, 3.8) is 0 Å². The Morgan fingerprint density at radius 1 is 1.27 bits per heavy atom. The summed E-state index contributed by atoms with van der Waals surface area (Å²) in [5.74, 6) is 0.418. The first-order valence-electron chi connectivity index (χ1n) is 8.89. The Kier molecular flexibility index (Phi) is 4.72. The lowest BCUT2D eigenvalue weighted by atomic mass is 10.1.